The van der Waals surface area contributed by atoms with Crippen molar-refractivity contribution in [3.05, 3.63) is 114 Å². The molecule has 7 aromatic rings. The lowest BCUT2D eigenvalue weighted by Gasteiger charge is -2.11. The van der Waals surface area contributed by atoms with Crippen molar-refractivity contribution in [2.45, 2.75) is 0 Å². The van der Waals surface area contributed by atoms with Gasteiger partial charge in [0.25, 0.3) is 0 Å². The van der Waals surface area contributed by atoms with E-state index in [1.165, 1.54) is 25.6 Å². The van der Waals surface area contributed by atoms with Crippen LogP contribution < -0.4 is 0 Å². The van der Waals surface area contributed by atoms with Crippen molar-refractivity contribution in [2.24, 2.45) is 0 Å². The normalized spacial score (nSPS) is 11.5. The maximum Gasteiger partial charge on any atom is 0.164 e. The summed E-state index contributed by atoms with van der Waals surface area (Å²) in [5.41, 5.74) is 2.91. The molecule has 0 aliphatic rings. The fraction of sp³-hybridized carbons (Fsp3) is 0. The van der Waals surface area contributed by atoms with Crippen LogP contribution in [-0.4, -0.2) is 15.0 Å². The molecule has 0 aliphatic heterocycles. The van der Waals surface area contributed by atoms with Crippen molar-refractivity contribution in [1.29, 1.82) is 0 Å². The molecule has 0 unspecified atom stereocenters. The van der Waals surface area contributed by atoms with Crippen LogP contribution >= 0.6 is 22.9 Å². The zero-order valence-corrected chi connectivity index (χ0v) is 20.6. The van der Waals surface area contributed by atoms with E-state index in [1.54, 1.807) is 11.3 Å². The Morgan fingerprint density at radius 3 is 1.75 bits per heavy atom. The molecule has 0 N–H and O–H groups in total. The molecule has 0 saturated heterocycles. The predicted molar refractivity (Wildman–Crippen MR) is 152 cm³/mol. The molecule has 36 heavy (non-hydrogen) atoms. The summed E-state index contributed by atoms with van der Waals surface area (Å²) >= 11 is 8.07. The maximum absolute atomic E-state index is 6.32. The fourth-order valence-electron chi connectivity index (χ4n) is 4.73. The zero-order chi connectivity index (χ0) is 24.1. The van der Waals surface area contributed by atoms with Crippen molar-refractivity contribution in [1.82, 2.24) is 15.0 Å². The summed E-state index contributed by atoms with van der Waals surface area (Å²) < 4.78 is 2.36. The largest absolute Gasteiger partial charge is 0.208 e. The van der Waals surface area contributed by atoms with Crippen molar-refractivity contribution in [3.8, 4) is 34.2 Å². The van der Waals surface area contributed by atoms with Gasteiger partial charge in [0.2, 0.25) is 0 Å². The summed E-state index contributed by atoms with van der Waals surface area (Å²) in [5, 5.41) is 5.50. The average Bonchev–Trinajstić information content (AvgIpc) is 3.31. The Hall–Kier alpha value is -4.12. The van der Waals surface area contributed by atoms with E-state index in [1.807, 2.05) is 72.8 Å². The van der Waals surface area contributed by atoms with Gasteiger partial charge in [0, 0.05) is 41.9 Å². The van der Waals surface area contributed by atoms with Gasteiger partial charge in [-0.15, -0.1) is 11.3 Å². The Morgan fingerprint density at radius 2 is 1.08 bits per heavy atom. The molecule has 2 aromatic heterocycles. The number of halogens is 1. The first-order valence-corrected chi connectivity index (χ1v) is 12.8. The van der Waals surface area contributed by atoms with Gasteiger partial charge in [-0.25, -0.2) is 15.0 Å². The third kappa shape index (κ3) is 3.54. The van der Waals surface area contributed by atoms with Gasteiger partial charge in [0.1, 0.15) is 0 Å². The van der Waals surface area contributed by atoms with E-state index in [0.29, 0.717) is 17.5 Å². The third-order valence-corrected chi connectivity index (χ3v) is 7.72. The molecule has 5 heteroatoms. The number of nitrogens with zero attached hydrogens (tertiary/aromatic N) is 3. The van der Waals surface area contributed by atoms with Gasteiger partial charge >= 0.3 is 0 Å². The molecule has 0 bridgehead atoms. The van der Waals surface area contributed by atoms with Crippen molar-refractivity contribution in [2.75, 3.05) is 0 Å². The van der Waals surface area contributed by atoms with Crippen molar-refractivity contribution in [3.63, 3.8) is 0 Å². The predicted octanol–water partition coefficient (Wildman–Crippen LogP) is 9.05. The first-order chi connectivity index (χ1) is 17.7. The van der Waals surface area contributed by atoms with Gasteiger partial charge in [-0.3, -0.25) is 0 Å². The SMILES string of the molecule is Clc1ccc2c(c1)sc1cc(-c3nc(-c4ccccc4)nc(-c4ccccc4)n3)c3ccccc3c12. The van der Waals surface area contributed by atoms with Gasteiger partial charge in [-0.1, -0.05) is 103 Å². The highest BCUT2D eigenvalue weighted by atomic mass is 35.5. The zero-order valence-electron chi connectivity index (χ0n) is 19.0. The first kappa shape index (κ1) is 21.2. The Balaban J connectivity index is 1.56. The second-order valence-corrected chi connectivity index (χ2v) is 10.1. The lowest BCUT2D eigenvalue weighted by Crippen LogP contribution is -2.00. The molecule has 0 amide bonds. The summed E-state index contributed by atoms with van der Waals surface area (Å²) in [6, 6.07) is 37.0. The quantitative estimate of drug-likeness (QED) is 0.243. The lowest BCUT2D eigenvalue weighted by molar-refractivity contribution is 1.08. The average molecular weight is 500 g/mol. The van der Waals surface area contributed by atoms with Gasteiger partial charge in [0.05, 0.1) is 0 Å². The van der Waals surface area contributed by atoms with Crippen LogP contribution in [0.25, 0.3) is 65.1 Å². The third-order valence-electron chi connectivity index (χ3n) is 6.38. The first-order valence-electron chi connectivity index (χ1n) is 11.7. The van der Waals surface area contributed by atoms with E-state index < -0.39 is 0 Å². The fourth-order valence-corrected chi connectivity index (χ4v) is 6.17. The maximum atomic E-state index is 6.32. The number of aromatic nitrogens is 3. The minimum Gasteiger partial charge on any atom is -0.208 e. The molecule has 0 fully saturated rings. The van der Waals surface area contributed by atoms with Crippen LogP contribution in [0.2, 0.25) is 5.02 Å². The van der Waals surface area contributed by atoms with Crippen LogP contribution in [0.5, 0.6) is 0 Å². The molecule has 2 heterocycles. The van der Waals surface area contributed by atoms with Gasteiger partial charge in [0.15, 0.2) is 17.5 Å². The second-order valence-electron chi connectivity index (χ2n) is 8.62. The summed E-state index contributed by atoms with van der Waals surface area (Å²) in [7, 11) is 0. The van der Waals surface area contributed by atoms with Crippen LogP contribution in [-0.2, 0) is 0 Å². The summed E-state index contributed by atoms with van der Waals surface area (Å²) in [6.07, 6.45) is 0. The minimum atomic E-state index is 0.659. The Morgan fingerprint density at radius 1 is 0.500 bits per heavy atom. The number of hydrogen-bond acceptors (Lipinski definition) is 4. The number of benzene rings is 5. The van der Waals surface area contributed by atoms with E-state index in [-0.39, 0.29) is 0 Å². The highest BCUT2D eigenvalue weighted by Crippen LogP contribution is 2.43. The molecule has 5 aromatic carbocycles. The topological polar surface area (TPSA) is 38.7 Å². The van der Waals surface area contributed by atoms with Crippen LogP contribution in [0.3, 0.4) is 0 Å². The Bertz CT molecular complexity index is 1840. The molecule has 3 nitrogen and oxygen atoms in total. The molecular formula is C31H18ClN3S. The number of fused-ring (bicyclic) bond motifs is 5. The highest BCUT2D eigenvalue weighted by molar-refractivity contribution is 7.26. The summed E-state index contributed by atoms with van der Waals surface area (Å²) in [5.74, 6) is 1.98. The summed E-state index contributed by atoms with van der Waals surface area (Å²) in [6.45, 7) is 0. The molecule has 0 radical (unpaired) electrons. The minimum absolute atomic E-state index is 0.659. The molecular weight excluding hydrogens is 482 g/mol. The molecule has 0 atom stereocenters. The number of hydrogen-bond donors (Lipinski definition) is 0. The standard InChI is InChI=1S/C31H18ClN3S/c32-21-15-16-24-26(17-21)36-27-18-25(22-13-7-8-14-23(22)28(24)27)31-34-29(19-9-3-1-4-10-19)33-30(35-31)20-11-5-2-6-12-20/h1-18H. The van der Waals surface area contributed by atoms with Gasteiger partial charge < -0.3 is 0 Å². The Kier molecular flexibility index (Phi) is 5.01. The van der Waals surface area contributed by atoms with E-state index in [2.05, 4.69) is 36.4 Å². The van der Waals surface area contributed by atoms with E-state index >= 15 is 0 Å². The molecule has 0 spiro atoms. The van der Waals surface area contributed by atoms with E-state index in [9.17, 15) is 0 Å². The summed E-state index contributed by atoms with van der Waals surface area (Å²) in [4.78, 5) is 14.8. The molecule has 170 valence electrons. The van der Waals surface area contributed by atoms with Crippen LogP contribution in [0, 0.1) is 0 Å². The Labute approximate surface area is 216 Å². The van der Waals surface area contributed by atoms with Crippen LogP contribution in [0.15, 0.2) is 109 Å². The van der Waals surface area contributed by atoms with Gasteiger partial charge in [-0.05, 0) is 29.0 Å². The monoisotopic (exact) mass is 499 g/mol. The number of thiophene rings is 1. The smallest absolute Gasteiger partial charge is 0.164 e. The van der Waals surface area contributed by atoms with Crippen LogP contribution in [0.1, 0.15) is 0 Å². The molecule has 0 saturated carbocycles. The molecule has 7 rings (SSSR count). The highest BCUT2D eigenvalue weighted by Gasteiger charge is 2.18. The van der Waals surface area contributed by atoms with E-state index in [4.69, 9.17) is 26.6 Å². The second kappa shape index (κ2) is 8.52. The van der Waals surface area contributed by atoms with Crippen LogP contribution in [0.4, 0.5) is 0 Å². The number of rotatable bonds is 3. The van der Waals surface area contributed by atoms with Crippen molar-refractivity contribution < 1.29 is 0 Å². The lowest BCUT2D eigenvalue weighted by atomic mass is 9.99. The molecule has 0 aliphatic carbocycles. The van der Waals surface area contributed by atoms with Gasteiger partial charge in [-0.2, -0.15) is 0 Å². The van der Waals surface area contributed by atoms with E-state index in [0.717, 1.165) is 27.1 Å². The van der Waals surface area contributed by atoms with Crippen molar-refractivity contribution >= 4 is 53.9 Å².